The fourth-order valence-electron chi connectivity index (χ4n) is 1.79. The van der Waals surface area contributed by atoms with Crippen LogP contribution in [0.15, 0.2) is 18.2 Å². The average molecular weight is 312 g/mol. The van der Waals surface area contributed by atoms with E-state index in [1.54, 1.807) is 6.92 Å². The van der Waals surface area contributed by atoms with Gasteiger partial charge >= 0.3 is 17.9 Å². The number of carboxylic acid groups (broad SMARTS) is 2. The van der Waals surface area contributed by atoms with E-state index in [4.69, 9.17) is 10.2 Å². The van der Waals surface area contributed by atoms with Crippen LogP contribution in [0.4, 0.5) is 0 Å². The van der Waals surface area contributed by atoms with Gasteiger partial charge < -0.3 is 25.2 Å². The van der Waals surface area contributed by atoms with Crippen molar-refractivity contribution in [2.75, 3.05) is 6.61 Å². The molecule has 0 saturated carbocycles. The molecule has 0 aliphatic carbocycles. The van der Waals surface area contributed by atoms with Gasteiger partial charge in [-0.3, -0.25) is 4.79 Å². The molecule has 0 radical (unpaired) electrons. The highest BCUT2D eigenvalue weighted by atomic mass is 16.5. The number of aliphatic hydroxyl groups excluding tert-OH is 2. The molecule has 0 spiro atoms. The number of benzene rings is 1. The lowest BCUT2D eigenvalue weighted by atomic mass is 9.97. The molecule has 0 amide bonds. The summed E-state index contributed by atoms with van der Waals surface area (Å²) < 4.78 is 4.62. The van der Waals surface area contributed by atoms with Crippen LogP contribution >= 0.6 is 0 Å². The van der Waals surface area contributed by atoms with E-state index >= 15 is 0 Å². The molecule has 1 rings (SSSR count). The minimum atomic E-state index is -1.62. The van der Waals surface area contributed by atoms with Crippen molar-refractivity contribution in [2.24, 2.45) is 0 Å². The van der Waals surface area contributed by atoms with E-state index in [9.17, 15) is 24.6 Å². The maximum atomic E-state index is 11.3. The maximum absolute atomic E-state index is 11.3. The Kier molecular flexibility index (Phi) is 6.02. The van der Waals surface area contributed by atoms with E-state index < -0.39 is 36.5 Å². The molecule has 1 aromatic rings. The van der Waals surface area contributed by atoms with Gasteiger partial charge in [-0.25, -0.2) is 9.59 Å². The summed E-state index contributed by atoms with van der Waals surface area (Å²) in [5, 5.41) is 37.6. The van der Waals surface area contributed by atoms with Crippen LogP contribution in [-0.2, 0) is 9.53 Å². The summed E-state index contributed by atoms with van der Waals surface area (Å²) in [6.07, 6.45) is -3.68. The van der Waals surface area contributed by atoms with Crippen molar-refractivity contribution in [1.29, 1.82) is 0 Å². The molecular formula is C14H16O8. The monoisotopic (exact) mass is 312 g/mol. The number of hydrogen-bond acceptors (Lipinski definition) is 6. The first-order valence-electron chi connectivity index (χ1n) is 6.39. The molecule has 1 aromatic carbocycles. The molecule has 2 unspecified atom stereocenters. The van der Waals surface area contributed by atoms with Crippen LogP contribution in [0.5, 0.6) is 0 Å². The lowest BCUT2D eigenvalue weighted by molar-refractivity contribution is -0.147. The molecule has 2 atom stereocenters. The molecule has 0 heterocycles. The predicted octanol–water partition coefficient (Wildman–Crippen LogP) is 0.431. The highest BCUT2D eigenvalue weighted by molar-refractivity contribution is 5.94. The maximum Gasteiger partial charge on any atom is 0.335 e. The van der Waals surface area contributed by atoms with E-state index in [-0.39, 0.29) is 23.3 Å². The molecule has 8 heteroatoms. The Bertz CT molecular complexity index is 548. The van der Waals surface area contributed by atoms with Crippen LogP contribution in [0, 0.1) is 0 Å². The Hall–Kier alpha value is -2.45. The van der Waals surface area contributed by atoms with Gasteiger partial charge in [0.1, 0.15) is 6.10 Å². The van der Waals surface area contributed by atoms with Gasteiger partial charge in [0.25, 0.3) is 0 Å². The molecule has 0 aromatic heterocycles. The number of carboxylic acids is 2. The number of aromatic carboxylic acids is 2. The van der Waals surface area contributed by atoms with Gasteiger partial charge in [0.05, 0.1) is 30.3 Å². The Morgan fingerprint density at radius 2 is 1.55 bits per heavy atom. The number of esters is 1. The third-order valence-electron chi connectivity index (χ3n) is 2.84. The van der Waals surface area contributed by atoms with Gasteiger partial charge in [-0.1, -0.05) is 0 Å². The van der Waals surface area contributed by atoms with Crippen LogP contribution in [0.3, 0.4) is 0 Å². The predicted molar refractivity (Wildman–Crippen MR) is 72.6 cm³/mol. The Balaban J connectivity index is 3.05. The van der Waals surface area contributed by atoms with Crippen LogP contribution < -0.4 is 0 Å². The van der Waals surface area contributed by atoms with Gasteiger partial charge in [0, 0.05) is 0 Å². The number of carbonyl (C=O) groups is 3. The van der Waals surface area contributed by atoms with E-state index in [2.05, 4.69) is 4.74 Å². The zero-order valence-electron chi connectivity index (χ0n) is 11.7. The summed E-state index contributed by atoms with van der Waals surface area (Å²) in [4.78, 5) is 33.2. The topological polar surface area (TPSA) is 141 Å². The van der Waals surface area contributed by atoms with Crippen molar-refractivity contribution in [3.05, 3.63) is 34.9 Å². The number of aliphatic hydroxyl groups is 2. The summed E-state index contributed by atoms with van der Waals surface area (Å²) in [6.45, 7) is 1.69. The molecule has 0 bridgehead atoms. The zero-order chi connectivity index (χ0) is 16.9. The van der Waals surface area contributed by atoms with Crippen molar-refractivity contribution in [2.45, 2.75) is 25.6 Å². The summed E-state index contributed by atoms with van der Waals surface area (Å²) in [5.41, 5.74) is -0.816. The van der Waals surface area contributed by atoms with Gasteiger partial charge in [0.15, 0.2) is 0 Å². The highest BCUT2D eigenvalue weighted by Gasteiger charge is 2.24. The van der Waals surface area contributed by atoms with E-state index in [0.29, 0.717) is 0 Å². The first kappa shape index (κ1) is 17.6. The molecule has 120 valence electrons. The molecule has 0 fully saturated rings. The third kappa shape index (κ3) is 4.54. The number of rotatable bonds is 7. The molecule has 0 aliphatic heterocycles. The van der Waals surface area contributed by atoms with Crippen molar-refractivity contribution in [3.8, 4) is 0 Å². The van der Waals surface area contributed by atoms with Crippen LogP contribution in [0.25, 0.3) is 0 Å². The zero-order valence-corrected chi connectivity index (χ0v) is 11.7. The van der Waals surface area contributed by atoms with Gasteiger partial charge in [-0.15, -0.1) is 0 Å². The molecule has 22 heavy (non-hydrogen) atoms. The fraction of sp³-hybridized carbons (Fsp3) is 0.357. The number of ether oxygens (including phenoxy) is 1. The van der Waals surface area contributed by atoms with E-state index in [1.807, 2.05) is 0 Å². The largest absolute Gasteiger partial charge is 0.478 e. The second-order valence-corrected chi connectivity index (χ2v) is 4.48. The summed E-state index contributed by atoms with van der Waals surface area (Å²) >= 11 is 0. The molecule has 8 nitrogen and oxygen atoms in total. The van der Waals surface area contributed by atoms with Crippen molar-refractivity contribution in [3.63, 3.8) is 0 Å². The first-order chi connectivity index (χ1) is 10.3. The fourth-order valence-corrected chi connectivity index (χ4v) is 1.79. The van der Waals surface area contributed by atoms with Gasteiger partial charge in [-0.2, -0.15) is 0 Å². The smallest absolute Gasteiger partial charge is 0.335 e. The van der Waals surface area contributed by atoms with Crippen molar-refractivity contribution in [1.82, 2.24) is 0 Å². The first-order valence-corrected chi connectivity index (χ1v) is 6.39. The highest BCUT2D eigenvalue weighted by Crippen LogP contribution is 2.22. The number of hydrogen-bond donors (Lipinski definition) is 4. The minimum absolute atomic E-state index is 0.110. The van der Waals surface area contributed by atoms with Gasteiger partial charge in [-0.05, 0) is 30.7 Å². The Morgan fingerprint density at radius 1 is 1.05 bits per heavy atom. The second-order valence-electron chi connectivity index (χ2n) is 4.48. The normalized spacial score (nSPS) is 13.2. The minimum Gasteiger partial charge on any atom is -0.478 e. The van der Waals surface area contributed by atoms with Crippen LogP contribution in [0.1, 0.15) is 45.7 Å². The molecule has 0 saturated heterocycles. The summed E-state index contributed by atoms with van der Waals surface area (Å²) in [6, 6.07) is 3.00. The second kappa shape index (κ2) is 7.53. The lowest BCUT2D eigenvalue weighted by Crippen LogP contribution is -2.23. The summed E-state index contributed by atoms with van der Waals surface area (Å²) in [7, 11) is 0. The SMILES string of the molecule is CCOC(=O)CC(O)C(O)c1cc(C(=O)O)cc(C(=O)O)c1. The summed E-state index contributed by atoms with van der Waals surface area (Å²) in [5.74, 6) is -3.49. The Labute approximate surface area is 125 Å². The Morgan fingerprint density at radius 3 is 1.95 bits per heavy atom. The number of carbonyl (C=O) groups excluding carboxylic acids is 1. The lowest BCUT2D eigenvalue weighted by Gasteiger charge is -2.18. The molecule has 4 N–H and O–H groups in total. The molecular weight excluding hydrogens is 296 g/mol. The van der Waals surface area contributed by atoms with Crippen LogP contribution in [0.2, 0.25) is 0 Å². The molecule has 0 aliphatic rings. The average Bonchev–Trinajstić information content (AvgIpc) is 2.45. The van der Waals surface area contributed by atoms with E-state index in [0.717, 1.165) is 18.2 Å². The van der Waals surface area contributed by atoms with Crippen LogP contribution in [-0.4, -0.2) is 51.0 Å². The van der Waals surface area contributed by atoms with E-state index in [1.165, 1.54) is 0 Å². The standard InChI is InChI=1S/C14H16O8/c1-2-22-11(16)6-10(15)12(17)7-3-8(13(18)19)5-9(4-7)14(20)21/h3-5,10,12,15,17H,2,6H2,1H3,(H,18,19)(H,20,21). The van der Waals surface area contributed by atoms with Crippen molar-refractivity contribution >= 4 is 17.9 Å². The quantitative estimate of drug-likeness (QED) is 0.531. The van der Waals surface area contributed by atoms with Crippen molar-refractivity contribution < 1.29 is 39.5 Å². The van der Waals surface area contributed by atoms with Gasteiger partial charge in [0.2, 0.25) is 0 Å². The third-order valence-corrected chi connectivity index (χ3v) is 2.84.